The first-order chi connectivity index (χ1) is 8.31. The molecule has 1 aliphatic heterocycles. The van der Waals surface area contributed by atoms with Gasteiger partial charge in [-0.2, -0.15) is 5.10 Å². The molecule has 1 aromatic rings. The van der Waals surface area contributed by atoms with Crippen LogP contribution in [0.4, 0.5) is 5.82 Å². The predicted octanol–water partition coefficient (Wildman–Crippen LogP) is 0.701. The lowest BCUT2D eigenvalue weighted by Gasteiger charge is -2.21. The van der Waals surface area contributed by atoms with E-state index < -0.39 is 0 Å². The SMILES string of the molecule is C=CC(=O)N1CCCN(c2cccnn2)CC1. The van der Waals surface area contributed by atoms with E-state index in [0.717, 1.165) is 31.9 Å². The molecule has 0 atom stereocenters. The van der Waals surface area contributed by atoms with Crippen LogP contribution in [0.2, 0.25) is 0 Å². The fraction of sp³-hybridized carbons (Fsp3) is 0.417. The number of carbonyl (C=O) groups excluding carboxylic acids is 1. The number of nitrogens with zero attached hydrogens (tertiary/aromatic N) is 4. The van der Waals surface area contributed by atoms with Gasteiger partial charge in [0.05, 0.1) is 0 Å². The highest BCUT2D eigenvalue weighted by Gasteiger charge is 2.17. The molecule has 1 amide bonds. The average Bonchev–Trinajstić information content (AvgIpc) is 2.64. The maximum Gasteiger partial charge on any atom is 0.246 e. The van der Waals surface area contributed by atoms with Gasteiger partial charge in [0.1, 0.15) is 0 Å². The van der Waals surface area contributed by atoms with Crippen LogP contribution in [0.3, 0.4) is 0 Å². The Morgan fingerprint density at radius 1 is 1.35 bits per heavy atom. The summed E-state index contributed by atoms with van der Waals surface area (Å²) in [6, 6.07) is 3.82. The van der Waals surface area contributed by atoms with E-state index in [1.54, 1.807) is 6.20 Å². The quantitative estimate of drug-likeness (QED) is 0.704. The zero-order valence-corrected chi connectivity index (χ0v) is 9.75. The van der Waals surface area contributed by atoms with Crippen LogP contribution in [0.1, 0.15) is 6.42 Å². The zero-order valence-electron chi connectivity index (χ0n) is 9.75. The van der Waals surface area contributed by atoms with Crippen molar-refractivity contribution in [2.45, 2.75) is 6.42 Å². The van der Waals surface area contributed by atoms with Crippen molar-refractivity contribution in [3.8, 4) is 0 Å². The van der Waals surface area contributed by atoms with Gasteiger partial charge in [0.15, 0.2) is 5.82 Å². The van der Waals surface area contributed by atoms with Crippen LogP contribution >= 0.6 is 0 Å². The molecule has 0 aliphatic carbocycles. The molecular weight excluding hydrogens is 216 g/mol. The van der Waals surface area contributed by atoms with Crippen LogP contribution in [0, 0.1) is 0 Å². The first-order valence-electron chi connectivity index (χ1n) is 5.75. The van der Waals surface area contributed by atoms with Crippen LogP contribution in [-0.2, 0) is 4.79 Å². The van der Waals surface area contributed by atoms with Crippen molar-refractivity contribution in [1.29, 1.82) is 0 Å². The van der Waals surface area contributed by atoms with Crippen LogP contribution in [0.15, 0.2) is 31.0 Å². The summed E-state index contributed by atoms with van der Waals surface area (Å²) in [7, 11) is 0. The first-order valence-corrected chi connectivity index (χ1v) is 5.75. The van der Waals surface area contributed by atoms with Crippen LogP contribution in [0.5, 0.6) is 0 Å². The molecular formula is C12H16N4O. The zero-order chi connectivity index (χ0) is 12.1. The first kappa shape index (κ1) is 11.6. The summed E-state index contributed by atoms with van der Waals surface area (Å²) >= 11 is 0. The molecule has 0 saturated carbocycles. The summed E-state index contributed by atoms with van der Waals surface area (Å²) in [4.78, 5) is 15.5. The number of aromatic nitrogens is 2. The minimum absolute atomic E-state index is 0.00555. The van der Waals surface area contributed by atoms with E-state index in [9.17, 15) is 4.79 Å². The molecule has 1 aliphatic rings. The molecule has 2 heterocycles. The molecule has 2 rings (SSSR count). The van der Waals surface area contributed by atoms with Crippen molar-refractivity contribution in [3.05, 3.63) is 31.0 Å². The Balaban J connectivity index is 2.01. The molecule has 1 saturated heterocycles. The smallest absolute Gasteiger partial charge is 0.246 e. The number of amides is 1. The van der Waals surface area contributed by atoms with Crippen molar-refractivity contribution in [2.75, 3.05) is 31.1 Å². The van der Waals surface area contributed by atoms with E-state index in [4.69, 9.17) is 0 Å². The third-order valence-corrected chi connectivity index (χ3v) is 2.86. The highest BCUT2D eigenvalue weighted by atomic mass is 16.2. The molecule has 90 valence electrons. The summed E-state index contributed by atoms with van der Waals surface area (Å²) in [6.07, 6.45) is 3.98. The molecule has 0 radical (unpaired) electrons. The van der Waals surface area contributed by atoms with Crippen LogP contribution in [-0.4, -0.2) is 47.2 Å². The number of anilines is 1. The van der Waals surface area contributed by atoms with Gasteiger partial charge in [0, 0.05) is 32.4 Å². The van der Waals surface area contributed by atoms with E-state index in [2.05, 4.69) is 21.7 Å². The summed E-state index contributed by atoms with van der Waals surface area (Å²) in [5.41, 5.74) is 0. The lowest BCUT2D eigenvalue weighted by molar-refractivity contribution is -0.125. The minimum Gasteiger partial charge on any atom is -0.353 e. The van der Waals surface area contributed by atoms with Gasteiger partial charge < -0.3 is 9.80 Å². The predicted molar refractivity (Wildman–Crippen MR) is 65.6 cm³/mol. The average molecular weight is 232 g/mol. The highest BCUT2D eigenvalue weighted by Crippen LogP contribution is 2.12. The number of carbonyl (C=O) groups is 1. The van der Waals surface area contributed by atoms with E-state index in [1.165, 1.54) is 6.08 Å². The summed E-state index contributed by atoms with van der Waals surface area (Å²) in [5, 5.41) is 7.96. The molecule has 1 aromatic heterocycles. The van der Waals surface area contributed by atoms with Gasteiger partial charge in [0.2, 0.25) is 5.91 Å². The Labute approximate surface area is 101 Å². The van der Waals surface area contributed by atoms with Crippen molar-refractivity contribution < 1.29 is 4.79 Å². The second-order valence-electron chi connectivity index (χ2n) is 3.95. The molecule has 17 heavy (non-hydrogen) atoms. The molecule has 0 spiro atoms. The van der Waals surface area contributed by atoms with Crippen molar-refractivity contribution >= 4 is 11.7 Å². The standard InChI is InChI=1S/C12H16N4O/c1-2-12(17)16-8-4-7-15(9-10-16)11-5-3-6-13-14-11/h2-3,5-6H,1,4,7-10H2. The Morgan fingerprint density at radius 2 is 2.24 bits per heavy atom. The van der Waals surface area contributed by atoms with Gasteiger partial charge in [-0.15, -0.1) is 5.10 Å². The van der Waals surface area contributed by atoms with Gasteiger partial charge in [-0.3, -0.25) is 4.79 Å². The molecule has 0 aromatic carbocycles. The van der Waals surface area contributed by atoms with Crippen LogP contribution < -0.4 is 4.90 Å². The van der Waals surface area contributed by atoms with Gasteiger partial charge in [-0.05, 0) is 24.6 Å². The van der Waals surface area contributed by atoms with Crippen LogP contribution in [0.25, 0.3) is 0 Å². The number of hydrogen-bond donors (Lipinski definition) is 0. The van der Waals surface area contributed by atoms with E-state index in [0.29, 0.717) is 6.54 Å². The maximum absolute atomic E-state index is 11.5. The van der Waals surface area contributed by atoms with E-state index >= 15 is 0 Å². The van der Waals surface area contributed by atoms with E-state index in [-0.39, 0.29) is 5.91 Å². The fourth-order valence-corrected chi connectivity index (χ4v) is 1.96. The normalized spacial score (nSPS) is 16.5. The Morgan fingerprint density at radius 3 is 2.94 bits per heavy atom. The van der Waals surface area contributed by atoms with E-state index in [1.807, 2.05) is 17.0 Å². The second-order valence-corrected chi connectivity index (χ2v) is 3.95. The monoisotopic (exact) mass is 232 g/mol. The maximum atomic E-state index is 11.5. The Kier molecular flexibility index (Phi) is 3.69. The number of rotatable bonds is 2. The fourth-order valence-electron chi connectivity index (χ4n) is 1.96. The molecule has 0 bridgehead atoms. The van der Waals surface area contributed by atoms with Gasteiger partial charge in [0.25, 0.3) is 0 Å². The lowest BCUT2D eigenvalue weighted by atomic mass is 10.3. The molecule has 0 N–H and O–H groups in total. The van der Waals surface area contributed by atoms with Crippen molar-refractivity contribution in [3.63, 3.8) is 0 Å². The Hall–Kier alpha value is -1.91. The Bertz CT molecular complexity index is 393. The number of hydrogen-bond acceptors (Lipinski definition) is 4. The molecule has 5 nitrogen and oxygen atoms in total. The van der Waals surface area contributed by atoms with Crippen molar-refractivity contribution in [2.24, 2.45) is 0 Å². The summed E-state index contributed by atoms with van der Waals surface area (Å²) in [5.74, 6) is 0.881. The van der Waals surface area contributed by atoms with Gasteiger partial charge >= 0.3 is 0 Å². The molecule has 0 unspecified atom stereocenters. The van der Waals surface area contributed by atoms with Gasteiger partial charge in [-0.25, -0.2) is 0 Å². The van der Waals surface area contributed by atoms with Crippen molar-refractivity contribution in [1.82, 2.24) is 15.1 Å². The minimum atomic E-state index is 0.00555. The highest BCUT2D eigenvalue weighted by molar-refractivity contribution is 5.87. The lowest BCUT2D eigenvalue weighted by Crippen LogP contribution is -2.34. The summed E-state index contributed by atoms with van der Waals surface area (Å²) in [6.45, 7) is 6.70. The molecule has 1 fully saturated rings. The largest absolute Gasteiger partial charge is 0.353 e. The van der Waals surface area contributed by atoms with Gasteiger partial charge in [-0.1, -0.05) is 6.58 Å². The molecule has 5 heteroatoms. The topological polar surface area (TPSA) is 49.3 Å². The third kappa shape index (κ3) is 2.81. The third-order valence-electron chi connectivity index (χ3n) is 2.86. The summed E-state index contributed by atoms with van der Waals surface area (Å²) < 4.78 is 0. The second kappa shape index (κ2) is 5.43.